The topological polar surface area (TPSA) is 41.1 Å². The lowest BCUT2D eigenvalue weighted by atomic mass is 10.3. The number of anilines is 1. The highest BCUT2D eigenvalue weighted by molar-refractivity contribution is 9.11. The number of hydrogen-bond acceptors (Lipinski definition) is 1. The summed E-state index contributed by atoms with van der Waals surface area (Å²) in [6.07, 6.45) is -4.42. The number of benzene rings is 1. The first-order chi connectivity index (χ1) is 7.78. The van der Waals surface area contributed by atoms with Crippen molar-refractivity contribution < 1.29 is 18.0 Å². The minimum atomic E-state index is -4.42. The van der Waals surface area contributed by atoms with Crippen molar-refractivity contribution in [3.8, 4) is 0 Å². The zero-order valence-electron chi connectivity index (χ0n) is 8.24. The van der Waals surface area contributed by atoms with Gasteiger partial charge < -0.3 is 10.6 Å². The fourth-order valence-corrected chi connectivity index (χ4v) is 1.65. The average Bonchev–Trinajstić information content (AvgIpc) is 2.20. The smallest absolute Gasteiger partial charge is 0.329 e. The third kappa shape index (κ3) is 5.40. The molecule has 0 saturated heterocycles. The number of carbonyl (C=O) groups is 1. The van der Waals surface area contributed by atoms with Gasteiger partial charge in [0.15, 0.2) is 0 Å². The molecule has 0 atom stereocenters. The monoisotopic (exact) mass is 374 g/mol. The molecule has 2 amide bonds. The Morgan fingerprint density at radius 2 is 1.94 bits per heavy atom. The molecule has 2 N–H and O–H groups in total. The standard InChI is InChI=1S/C9H7Br2F3N2O/c10-5-1-2-6(11)7(3-5)16-8(17)15-4-9(12,13)14/h1-3H,4H2,(H2,15,16,17). The molecule has 94 valence electrons. The predicted molar refractivity (Wildman–Crippen MR) is 64.9 cm³/mol. The SMILES string of the molecule is O=C(NCC(F)(F)F)Nc1cc(Br)ccc1Br. The second kappa shape index (κ2) is 5.72. The van der Waals surface area contributed by atoms with E-state index in [0.717, 1.165) is 0 Å². The Morgan fingerprint density at radius 1 is 1.29 bits per heavy atom. The quantitative estimate of drug-likeness (QED) is 0.808. The van der Waals surface area contributed by atoms with E-state index in [-0.39, 0.29) is 0 Å². The van der Waals surface area contributed by atoms with E-state index in [0.29, 0.717) is 14.6 Å². The zero-order valence-corrected chi connectivity index (χ0v) is 11.4. The van der Waals surface area contributed by atoms with Gasteiger partial charge in [0.05, 0.1) is 5.69 Å². The van der Waals surface area contributed by atoms with Crippen molar-refractivity contribution >= 4 is 43.6 Å². The van der Waals surface area contributed by atoms with Gasteiger partial charge >= 0.3 is 12.2 Å². The number of rotatable bonds is 2. The maximum atomic E-state index is 11.8. The molecule has 0 aliphatic rings. The Kier molecular flexibility index (Phi) is 4.81. The Hall–Kier alpha value is -0.760. The lowest BCUT2D eigenvalue weighted by Crippen LogP contribution is -2.36. The molecular weight excluding hydrogens is 369 g/mol. The number of nitrogens with one attached hydrogen (secondary N) is 2. The van der Waals surface area contributed by atoms with E-state index in [1.165, 1.54) is 0 Å². The van der Waals surface area contributed by atoms with Gasteiger partial charge in [0.2, 0.25) is 0 Å². The minimum absolute atomic E-state index is 0.374. The Balaban J connectivity index is 2.59. The van der Waals surface area contributed by atoms with Crippen LogP contribution in [0.15, 0.2) is 27.1 Å². The lowest BCUT2D eigenvalue weighted by Gasteiger charge is -2.11. The van der Waals surface area contributed by atoms with Crippen LogP contribution in [-0.4, -0.2) is 18.8 Å². The maximum absolute atomic E-state index is 11.8. The first-order valence-electron chi connectivity index (χ1n) is 4.34. The van der Waals surface area contributed by atoms with Gasteiger partial charge in [-0.05, 0) is 34.1 Å². The highest BCUT2D eigenvalue weighted by atomic mass is 79.9. The number of urea groups is 1. The Bertz CT molecular complexity index is 423. The Morgan fingerprint density at radius 3 is 2.53 bits per heavy atom. The second-order valence-corrected chi connectivity index (χ2v) is 4.82. The van der Waals surface area contributed by atoms with Gasteiger partial charge in [-0.2, -0.15) is 13.2 Å². The van der Waals surface area contributed by atoms with E-state index < -0.39 is 18.8 Å². The van der Waals surface area contributed by atoms with Crippen LogP contribution in [0.3, 0.4) is 0 Å². The molecule has 0 aliphatic carbocycles. The highest BCUT2D eigenvalue weighted by Gasteiger charge is 2.27. The molecule has 8 heteroatoms. The zero-order chi connectivity index (χ0) is 13.1. The van der Waals surface area contributed by atoms with Crippen LogP contribution in [0, 0.1) is 0 Å². The van der Waals surface area contributed by atoms with Crippen LogP contribution in [0.4, 0.5) is 23.7 Å². The van der Waals surface area contributed by atoms with Crippen LogP contribution in [-0.2, 0) is 0 Å². The Labute approximate surface area is 112 Å². The molecule has 0 saturated carbocycles. The van der Waals surface area contributed by atoms with E-state index in [1.807, 2.05) is 0 Å². The normalized spacial score (nSPS) is 11.1. The van der Waals surface area contributed by atoms with Gasteiger partial charge in [0.25, 0.3) is 0 Å². The van der Waals surface area contributed by atoms with Crippen molar-refractivity contribution in [3.63, 3.8) is 0 Å². The predicted octanol–water partition coefficient (Wildman–Crippen LogP) is 3.90. The molecule has 0 unspecified atom stereocenters. The summed E-state index contributed by atoms with van der Waals surface area (Å²) >= 11 is 6.35. The van der Waals surface area contributed by atoms with Crippen LogP contribution in [0.1, 0.15) is 0 Å². The van der Waals surface area contributed by atoms with Gasteiger partial charge in [0.1, 0.15) is 6.54 Å². The van der Waals surface area contributed by atoms with E-state index in [9.17, 15) is 18.0 Å². The van der Waals surface area contributed by atoms with Crippen molar-refractivity contribution in [1.29, 1.82) is 0 Å². The van der Waals surface area contributed by atoms with E-state index in [1.54, 1.807) is 23.5 Å². The molecule has 0 radical (unpaired) electrons. The summed E-state index contributed by atoms with van der Waals surface area (Å²) in [7, 11) is 0. The number of amides is 2. The molecule has 0 aliphatic heterocycles. The molecule has 1 rings (SSSR count). The first-order valence-corrected chi connectivity index (χ1v) is 5.93. The minimum Gasteiger partial charge on any atom is -0.329 e. The van der Waals surface area contributed by atoms with Crippen LogP contribution in [0.5, 0.6) is 0 Å². The van der Waals surface area contributed by atoms with Gasteiger partial charge in [-0.15, -0.1) is 0 Å². The molecule has 17 heavy (non-hydrogen) atoms. The summed E-state index contributed by atoms with van der Waals surface area (Å²) in [5, 5.41) is 4.00. The van der Waals surface area contributed by atoms with Crippen molar-refractivity contribution in [2.24, 2.45) is 0 Å². The van der Waals surface area contributed by atoms with Gasteiger partial charge in [0, 0.05) is 8.95 Å². The summed E-state index contributed by atoms with van der Waals surface area (Å²) in [5.41, 5.74) is 0.374. The summed E-state index contributed by atoms with van der Waals surface area (Å²) in [4.78, 5) is 11.2. The number of hydrogen-bond donors (Lipinski definition) is 2. The largest absolute Gasteiger partial charge is 0.405 e. The summed E-state index contributed by atoms with van der Waals surface area (Å²) < 4.78 is 36.8. The van der Waals surface area contributed by atoms with Crippen LogP contribution in [0.2, 0.25) is 0 Å². The molecule has 0 aromatic heterocycles. The van der Waals surface area contributed by atoms with Crippen molar-refractivity contribution in [1.82, 2.24) is 5.32 Å². The number of alkyl halides is 3. The van der Waals surface area contributed by atoms with Gasteiger partial charge in [-0.1, -0.05) is 15.9 Å². The molecule has 1 aromatic carbocycles. The molecule has 1 aromatic rings. The third-order valence-electron chi connectivity index (χ3n) is 1.63. The molecule has 3 nitrogen and oxygen atoms in total. The van der Waals surface area contributed by atoms with Gasteiger partial charge in [-0.25, -0.2) is 4.79 Å². The highest BCUT2D eigenvalue weighted by Crippen LogP contribution is 2.26. The van der Waals surface area contributed by atoms with Gasteiger partial charge in [-0.3, -0.25) is 0 Å². The molecule has 0 spiro atoms. The molecule has 0 bridgehead atoms. The molecule has 0 fully saturated rings. The number of carbonyl (C=O) groups excluding carboxylic acids is 1. The van der Waals surface area contributed by atoms with E-state index in [4.69, 9.17) is 0 Å². The van der Waals surface area contributed by atoms with E-state index in [2.05, 4.69) is 37.2 Å². The summed E-state index contributed by atoms with van der Waals surface area (Å²) in [5.74, 6) is 0. The van der Waals surface area contributed by atoms with Crippen molar-refractivity contribution in [3.05, 3.63) is 27.1 Å². The van der Waals surface area contributed by atoms with Crippen molar-refractivity contribution in [2.75, 3.05) is 11.9 Å². The number of halogens is 5. The fraction of sp³-hybridized carbons (Fsp3) is 0.222. The second-order valence-electron chi connectivity index (χ2n) is 3.05. The van der Waals surface area contributed by atoms with Crippen LogP contribution < -0.4 is 10.6 Å². The van der Waals surface area contributed by atoms with Crippen molar-refractivity contribution in [2.45, 2.75) is 6.18 Å². The fourth-order valence-electron chi connectivity index (χ4n) is 0.940. The average molecular weight is 376 g/mol. The molecular formula is C9H7Br2F3N2O. The third-order valence-corrected chi connectivity index (χ3v) is 2.81. The maximum Gasteiger partial charge on any atom is 0.405 e. The van der Waals surface area contributed by atoms with Crippen LogP contribution >= 0.6 is 31.9 Å². The van der Waals surface area contributed by atoms with E-state index >= 15 is 0 Å². The summed E-state index contributed by atoms with van der Waals surface area (Å²) in [6, 6.07) is 4.03. The summed E-state index contributed by atoms with van der Waals surface area (Å²) in [6.45, 7) is -1.37. The first kappa shape index (κ1) is 14.3. The lowest BCUT2D eigenvalue weighted by molar-refractivity contribution is -0.122. The molecule has 0 heterocycles. The van der Waals surface area contributed by atoms with Crippen LogP contribution in [0.25, 0.3) is 0 Å².